The molecule has 0 unspecified atom stereocenters. The van der Waals surface area contributed by atoms with Gasteiger partial charge in [-0.15, -0.1) is 0 Å². The minimum absolute atomic E-state index is 0.0413. The van der Waals surface area contributed by atoms with Crippen molar-refractivity contribution in [1.29, 1.82) is 0 Å². The molecule has 1 rings (SSSR count). The molecule has 0 aliphatic heterocycles. The lowest BCUT2D eigenvalue weighted by Gasteiger charge is -2.09. The molecule has 114 valence electrons. The third-order valence-corrected chi connectivity index (χ3v) is 2.57. The molecule has 3 amide bonds. The zero-order valence-corrected chi connectivity index (χ0v) is 12.3. The van der Waals surface area contributed by atoms with Gasteiger partial charge in [0.2, 0.25) is 11.8 Å². The topological polar surface area (TPSA) is 87.3 Å². The van der Waals surface area contributed by atoms with E-state index in [1.807, 2.05) is 19.9 Å². The van der Waals surface area contributed by atoms with Crippen LogP contribution in [0.5, 0.6) is 0 Å². The van der Waals surface area contributed by atoms with Crippen molar-refractivity contribution in [2.24, 2.45) is 0 Å². The van der Waals surface area contributed by atoms with Gasteiger partial charge in [-0.1, -0.05) is 18.2 Å². The minimum atomic E-state index is -0.276. The molecule has 0 heterocycles. The molecule has 0 bridgehead atoms. The zero-order chi connectivity index (χ0) is 15.7. The molecule has 0 aliphatic carbocycles. The van der Waals surface area contributed by atoms with E-state index in [0.717, 1.165) is 0 Å². The average molecular weight is 291 g/mol. The quantitative estimate of drug-likeness (QED) is 0.681. The molecular weight excluding hydrogens is 270 g/mol. The molecule has 6 heteroatoms. The van der Waals surface area contributed by atoms with E-state index in [9.17, 15) is 14.4 Å². The lowest BCUT2D eigenvalue weighted by atomic mass is 10.2. The Morgan fingerprint density at radius 2 is 1.67 bits per heavy atom. The van der Waals surface area contributed by atoms with Crippen LogP contribution in [0, 0.1) is 0 Å². The number of hydrogen-bond acceptors (Lipinski definition) is 3. The van der Waals surface area contributed by atoms with Crippen molar-refractivity contribution in [2.75, 3.05) is 13.1 Å². The fourth-order valence-corrected chi connectivity index (χ4v) is 1.62. The SMILES string of the molecule is CC(C)NC(=O)CNC(=O)CCNC(=O)c1ccccc1. The normalized spacial score (nSPS) is 10.0. The Kier molecular flexibility index (Phi) is 6.94. The number of carbonyl (C=O) groups is 3. The molecule has 0 saturated heterocycles. The van der Waals surface area contributed by atoms with Gasteiger partial charge in [-0.3, -0.25) is 14.4 Å². The Hall–Kier alpha value is -2.37. The van der Waals surface area contributed by atoms with Crippen molar-refractivity contribution in [1.82, 2.24) is 16.0 Å². The molecule has 21 heavy (non-hydrogen) atoms. The number of rotatable bonds is 7. The third-order valence-electron chi connectivity index (χ3n) is 2.57. The second-order valence-corrected chi connectivity index (χ2v) is 4.87. The summed E-state index contributed by atoms with van der Waals surface area (Å²) in [6, 6.07) is 8.81. The van der Waals surface area contributed by atoms with Crippen LogP contribution in [0.4, 0.5) is 0 Å². The van der Waals surface area contributed by atoms with Crippen LogP contribution < -0.4 is 16.0 Å². The number of carbonyl (C=O) groups excluding carboxylic acids is 3. The van der Waals surface area contributed by atoms with E-state index in [2.05, 4.69) is 16.0 Å². The highest BCUT2D eigenvalue weighted by atomic mass is 16.2. The van der Waals surface area contributed by atoms with Crippen LogP contribution in [0.25, 0.3) is 0 Å². The van der Waals surface area contributed by atoms with Crippen molar-refractivity contribution >= 4 is 17.7 Å². The highest BCUT2D eigenvalue weighted by Crippen LogP contribution is 1.97. The number of benzene rings is 1. The molecule has 0 aliphatic rings. The highest BCUT2D eigenvalue weighted by molar-refractivity contribution is 5.94. The summed E-state index contributed by atoms with van der Waals surface area (Å²) in [6.45, 7) is 3.87. The maximum absolute atomic E-state index is 11.7. The lowest BCUT2D eigenvalue weighted by molar-refractivity contribution is -0.126. The summed E-state index contributed by atoms with van der Waals surface area (Å²) < 4.78 is 0. The smallest absolute Gasteiger partial charge is 0.251 e. The van der Waals surface area contributed by atoms with E-state index in [0.29, 0.717) is 5.56 Å². The second kappa shape index (κ2) is 8.73. The predicted molar refractivity (Wildman–Crippen MR) is 79.7 cm³/mol. The predicted octanol–water partition coefficient (Wildman–Crippen LogP) is 0.447. The molecule has 0 radical (unpaired) electrons. The summed E-state index contributed by atoms with van der Waals surface area (Å²) in [5.41, 5.74) is 0.550. The number of nitrogens with one attached hydrogen (secondary N) is 3. The summed E-state index contributed by atoms with van der Waals surface area (Å²) in [5.74, 6) is -0.727. The Bertz CT molecular complexity index is 486. The molecule has 0 aromatic heterocycles. The molecule has 6 nitrogen and oxygen atoms in total. The van der Waals surface area contributed by atoms with Crippen molar-refractivity contribution < 1.29 is 14.4 Å². The molecule has 3 N–H and O–H groups in total. The van der Waals surface area contributed by atoms with Crippen molar-refractivity contribution in [2.45, 2.75) is 26.3 Å². The van der Waals surface area contributed by atoms with Crippen LogP contribution in [-0.2, 0) is 9.59 Å². The van der Waals surface area contributed by atoms with Crippen molar-refractivity contribution in [3.8, 4) is 0 Å². The Balaban J connectivity index is 2.19. The Morgan fingerprint density at radius 3 is 2.29 bits per heavy atom. The second-order valence-electron chi connectivity index (χ2n) is 4.87. The van der Waals surface area contributed by atoms with E-state index in [1.165, 1.54) is 0 Å². The fraction of sp³-hybridized carbons (Fsp3) is 0.400. The Morgan fingerprint density at radius 1 is 1.00 bits per heavy atom. The zero-order valence-electron chi connectivity index (χ0n) is 12.3. The number of amides is 3. The molecule has 0 atom stereocenters. The third kappa shape index (κ3) is 7.10. The van der Waals surface area contributed by atoms with Crippen molar-refractivity contribution in [3.05, 3.63) is 35.9 Å². The first-order valence-electron chi connectivity index (χ1n) is 6.88. The standard InChI is InChI=1S/C15H21N3O3/c1-11(2)18-14(20)10-17-13(19)8-9-16-15(21)12-6-4-3-5-7-12/h3-7,11H,8-10H2,1-2H3,(H,16,21)(H,17,19)(H,18,20). The lowest BCUT2D eigenvalue weighted by Crippen LogP contribution is -2.40. The van der Waals surface area contributed by atoms with Gasteiger partial charge in [0.25, 0.3) is 5.91 Å². The summed E-state index contributed by atoms with van der Waals surface area (Å²) in [7, 11) is 0. The summed E-state index contributed by atoms with van der Waals surface area (Å²) >= 11 is 0. The van der Waals surface area contributed by atoms with Crippen LogP contribution in [0.2, 0.25) is 0 Å². The summed E-state index contributed by atoms with van der Waals surface area (Å²) in [5, 5.41) is 7.82. The van der Waals surface area contributed by atoms with Crippen molar-refractivity contribution in [3.63, 3.8) is 0 Å². The first kappa shape index (κ1) is 16.7. The maximum atomic E-state index is 11.7. The van der Waals surface area contributed by atoms with Gasteiger partial charge >= 0.3 is 0 Å². The highest BCUT2D eigenvalue weighted by Gasteiger charge is 2.08. The van der Waals surface area contributed by atoms with Gasteiger partial charge in [0.05, 0.1) is 6.54 Å². The van der Waals surface area contributed by atoms with Crippen LogP contribution in [0.1, 0.15) is 30.6 Å². The van der Waals surface area contributed by atoms with E-state index < -0.39 is 0 Å². The molecular formula is C15H21N3O3. The van der Waals surface area contributed by atoms with Gasteiger partial charge in [0.1, 0.15) is 0 Å². The van der Waals surface area contributed by atoms with Crippen LogP contribution in [0.15, 0.2) is 30.3 Å². The first-order chi connectivity index (χ1) is 9.99. The van der Waals surface area contributed by atoms with E-state index in [-0.39, 0.29) is 43.3 Å². The summed E-state index contributed by atoms with van der Waals surface area (Å²) in [4.78, 5) is 34.5. The molecule has 1 aromatic rings. The van der Waals surface area contributed by atoms with Gasteiger partial charge in [-0.2, -0.15) is 0 Å². The van der Waals surface area contributed by atoms with E-state index >= 15 is 0 Å². The monoisotopic (exact) mass is 291 g/mol. The van der Waals surface area contributed by atoms with Gasteiger partial charge in [-0.25, -0.2) is 0 Å². The van der Waals surface area contributed by atoms with E-state index in [4.69, 9.17) is 0 Å². The fourth-order valence-electron chi connectivity index (χ4n) is 1.62. The molecule has 0 spiro atoms. The van der Waals surface area contributed by atoms with Gasteiger partial charge in [-0.05, 0) is 26.0 Å². The van der Waals surface area contributed by atoms with Crippen LogP contribution in [-0.4, -0.2) is 36.9 Å². The minimum Gasteiger partial charge on any atom is -0.352 e. The van der Waals surface area contributed by atoms with Gasteiger partial charge < -0.3 is 16.0 Å². The molecule has 0 saturated carbocycles. The number of hydrogen-bond donors (Lipinski definition) is 3. The average Bonchev–Trinajstić information content (AvgIpc) is 2.45. The Labute approximate surface area is 124 Å². The van der Waals surface area contributed by atoms with Gasteiger partial charge in [0, 0.05) is 24.6 Å². The largest absolute Gasteiger partial charge is 0.352 e. The van der Waals surface area contributed by atoms with Gasteiger partial charge in [0.15, 0.2) is 0 Å². The van der Waals surface area contributed by atoms with Crippen LogP contribution in [0.3, 0.4) is 0 Å². The summed E-state index contributed by atoms with van der Waals surface area (Å²) in [6.07, 6.45) is 0.132. The van der Waals surface area contributed by atoms with Crippen LogP contribution >= 0.6 is 0 Å². The molecule has 0 fully saturated rings. The molecule has 1 aromatic carbocycles. The van der Waals surface area contributed by atoms with E-state index in [1.54, 1.807) is 24.3 Å². The maximum Gasteiger partial charge on any atom is 0.251 e. The first-order valence-corrected chi connectivity index (χ1v) is 6.88.